The fourth-order valence-electron chi connectivity index (χ4n) is 3.50. The van der Waals surface area contributed by atoms with Crippen molar-refractivity contribution in [3.63, 3.8) is 0 Å². The molecule has 0 aromatic carbocycles. The average molecular weight is 235 g/mol. The van der Waals surface area contributed by atoms with E-state index in [9.17, 15) is 4.79 Å². The molecule has 2 saturated carbocycles. The number of Topliss-reactive ketones (excluding diaryl/α,β-unsaturated/α-hetero) is 1. The summed E-state index contributed by atoms with van der Waals surface area (Å²) in [5, 5.41) is 2.00. The highest BCUT2D eigenvalue weighted by Gasteiger charge is 2.49. The summed E-state index contributed by atoms with van der Waals surface area (Å²) in [6.45, 7) is 2.02. The maximum atomic E-state index is 12.5. The molecular formula is C13H17NOS. The molecule has 0 aliphatic heterocycles. The van der Waals surface area contributed by atoms with Crippen molar-refractivity contribution < 1.29 is 4.79 Å². The lowest BCUT2D eigenvalue weighted by Crippen LogP contribution is -2.40. The highest BCUT2D eigenvalue weighted by Crippen LogP contribution is 2.49. The summed E-state index contributed by atoms with van der Waals surface area (Å²) in [6.07, 6.45) is 3.63. The molecular weight excluding hydrogens is 218 g/mol. The van der Waals surface area contributed by atoms with Crippen molar-refractivity contribution in [2.24, 2.45) is 23.5 Å². The van der Waals surface area contributed by atoms with Crippen LogP contribution < -0.4 is 5.73 Å². The second-order valence-electron chi connectivity index (χ2n) is 5.23. The highest BCUT2D eigenvalue weighted by atomic mass is 32.1. The van der Waals surface area contributed by atoms with Crippen LogP contribution in [0.3, 0.4) is 0 Å². The minimum atomic E-state index is 0.107. The number of hydrogen-bond donors (Lipinski definition) is 1. The molecule has 2 aliphatic rings. The van der Waals surface area contributed by atoms with Crippen LogP contribution in [0.15, 0.2) is 11.4 Å². The first-order valence-corrected chi connectivity index (χ1v) is 6.90. The van der Waals surface area contributed by atoms with E-state index in [1.54, 1.807) is 11.3 Å². The zero-order valence-corrected chi connectivity index (χ0v) is 10.3. The third-order valence-corrected chi connectivity index (χ3v) is 5.40. The average Bonchev–Trinajstić information content (AvgIpc) is 2.92. The molecule has 2 aliphatic carbocycles. The van der Waals surface area contributed by atoms with Crippen molar-refractivity contribution in [2.75, 3.05) is 0 Å². The summed E-state index contributed by atoms with van der Waals surface area (Å²) in [6, 6.07) is 2.14. The molecule has 0 saturated heterocycles. The molecule has 0 amide bonds. The molecule has 3 heteroatoms. The fraction of sp³-hybridized carbons (Fsp3) is 0.615. The molecule has 0 spiro atoms. The lowest BCUT2D eigenvalue weighted by atomic mass is 9.81. The second kappa shape index (κ2) is 3.67. The van der Waals surface area contributed by atoms with Crippen LogP contribution >= 0.6 is 11.3 Å². The Labute approximate surface area is 99.8 Å². The van der Waals surface area contributed by atoms with E-state index in [1.165, 1.54) is 19.3 Å². The molecule has 2 N–H and O–H groups in total. The van der Waals surface area contributed by atoms with Gasteiger partial charge in [0.1, 0.15) is 0 Å². The molecule has 16 heavy (non-hydrogen) atoms. The molecule has 2 bridgehead atoms. The van der Waals surface area contributed by atoms with Crippen molar-refractivity contribution in [1.29, 1.82) is 0 Å². The van der Waals surface area contributed by atoms with E-state index in [-0.39, 0.29) is 12.0 Å². The van der Waals surface area contributed by atoms with Gasteiger partial charge in [0.05, 0.1) is 4.88 Å². The normalized spacial score (nSPS) is 36.9. The van der Waals surface area contributed by atoms with E-state index in [2.05, 4.69) is 0 Å². The molecule has 86 valence electrons. The number of nitrogens with two attached hydrogens (primary N) is 1. The van der Waals surface area contributed by atoms with Crippen LogP contribution in [-0.2, 0) is 0 Å². The zero-order chi connectivity index (χ0) is 11.3. The van der Waals surface area contributed by atoms with Gasteiger partial charge in [-0.1, -0.05) is 0 Å². The van der Waals surface area contributed by atoms with Gasteiger partial charge in [0.25, 0.3) is 0 Å². The molecule has 0 radical (unpaired) electrons. The van der Waals surface area contributed by atoms with Crippen LogP contribution in [0, 0.1) is 24.7 Å². The number of aryl methyl sites for hydroxylation is 1. The first-order valence-electron chi connectivity index (χ1n) is 6.02. The van der Waals surface area contributed by atoms with E-state index in [4.69, 9.17) is 5.73 Å². The van der Waals surface area contributed by atoms with Crippen LogP contribution in [0.1, 0.15) is 34.5 Å². The monoisotopic (exact) mass is 235 g/mol. The number of fused-ring (bicyclic) bond motifs is 2. The van der Waals surface area contributed by atoms with Gasteiger partial charge in [-0.25, -0.2) is 0 Å². The third-order valence-electron chi connectivity index (χ3n) is 4.37. The van der Waals surface area contributed by atoms with Crippen LogP contribution in [0.2, 0.25) is 0 Å². The Bertz CT molecular complexity index is 423. The molecule has 1 heterocycles. The maximum absolute atomic E-state index is 12.5. The van der Waals surface area contributed by atoms with E-state index < -0.39 is 0 Å². The molecule has 1 aromatic heterocycles. The summed E-state index contributed by atoms with van der Waals surface area (Å²) in [7, 11) is 0. The lowest BCUT2D eigenvalue weighted by Gasteiger charge is -2.26. The van der Waals surface area contributed by atoms with Crippen molar-refractivity contribution >= 4 is 17.1 Å². The Hall–Kier alpha value is -0.670. The van der Waals surface area contributed by atoms with Crippen LogP contribution in [-0.4, -0.2) is 11.8 Å². The van der Waals surface area contributed by atoms with E-state index in [0.29, 0.717) is 17.6 Å². The van der Waals surface area contributed by atoms with Crippen molar-refractivity contribution in [1.82, 2.24) is 0 Å². The van der Waals surface area contributed by atoms with Gasteiger partial charge in [0.2, 0.25) is 0 Å². The SMILES string of the molecule is Cc1ccsc1C(=O)C1C2CCC(C2)C1N. The van der Waals surface area contributed by atoms with Gasteiger partial charge in [-0.2, -0.15) is 0 Å². The molecule has 2 nitrogen and oxygen atoms in total. The largest absolute Gasteiger partial charge is 0.327 e. The third kappa shape index (κ3) is 1.38. The predicted molar refractivity (Wildman–Crippen MR) is 65.7 cm³/mol. The van der Waals surface area contributed by atoms with E-state index >= 15 is 0 Å². The predicted octanol–water partition coefficient (Wildman–Crippen LogP) is 2.61. The maximum Gasteiger partial charge on any atom is 0.177 e. The number of carbonyl (C=O) groups is 1. The highest BCUT2D eigenvalue weighted by molar-refractivity contribution is 7.12. The Balaban J connectivity index is 1.89. The minimum Gasteiger partial charge on any atom is -0.327 e. The van der Waals surface area contributed by atoms with Crippen molar-refractivity contribution in [3.05, 3.63) is 21.9 Å². The van der Waals surface area contributed by atoms with Crippen LogP contribution in [0.25, 0.3) is 0 Å². The summed E-state index contributed by atoms with van der Waals surface area (Å²) in [4.78, 5) is 13.4. The quantitative estimate of drug-likeness (QED) is 0.801. The minimum absolute atomic E-state index is 0.107. The van der Waals surface area contributed by atoms with Gasteiger partial charge < -0.3 is 5.73 Å². The summed E-state index contributed by atoms with van der Waals surface area (Å²) in [5.41, 5.74) is 7.32. The number of carbonyl (C=O) groups excluding carboxylic acids is 1. The summed E-state index contributed by atoms with van der Waals surface area (Å²) in [5.74, 6) is 1.59. The Morgan fingerprint density at radius 3 is 2.75 bits per heavy atom. The first kappa shape index (κ1) is 10.5. The number of hydrogen-bond acceptors (Lipinski definition) is 3. The molecule has 2 fully saturated rings. The summed E-state index contributed by atoms with van der Waals surface area (Å²) < 4.78 is 0. The van der Waals surface area contributed by atoms with Gasteiger partial charge >= 0.3 is 0 Å². The second-order valence-corrected chi connectivity index (χ2v) is 6.15. The van der Waals surface area contributed by atoms with Crippen molar-refractivity contribution in [2.45, 2.75) is 32.2 Å². The zero-order valence-electron chi connectivity index (χ0n) is 9.48. The van der Waals surface area contributed by atoms with Gasteiger partial charge in [0.15, 0.2) is 5.78 Å². The van der Waals surface area contributed by atoms with E-state index in [0.717, 1.165) is 10.4 Å². The van der Waals surface area contributed by atoms with Crippen molar-refractivity contribution in [3.8, 4) is 0 Å². The number of thiophene rings is 1. The topological polar surface area (TPSA) is 43.1 Å². The van der Waals surface area contributed by atoms with Crippen LogP contribution in [0.4, 0.5) is 0 Å². The number of ketones is 1. The Morgan fingerprint density at radius 1 is 1.44 bits per heavy atom. The molecule has 1 aromatic rings. The lowest BCUT2D eigenvalue weighted by molar-refractivity contribution is 0.0860. The Morgan fingerprint density at radius 2 is 2.19 bits per heavy atom. The summed E-state index contributed by atoms with van der Waals surface area (Å²) >= 11 is 1.57. The molecule has 3 rings (SSSR count). The number of rotatable bonds is 2. The van der Waals surface area contributed by atoms with Gasteiger partial charge in [0, 0.05) is 12.0 Å². The first-order chi connectivity index (χ1) is 7.68. The smallest absolute Gasteiger partial charge is 0.177 e. The van der Waals surface area contributed by atoms with Gasteiger partial charge in [-0.15, -0.1) is 11.3 Å². The fourth-order valence-corrected chi connectivity index (χ4v) is 4.42. The molecule has 4 unspecified atom stereocenters. The van der Waals surface area contributed by atoms with Gasteiger partial charge in [-0.05, 0) is 55.0 Å². The molecule has 4 atom stereocenters. The van der Waals surface area contributed by atoms with E-state index in [1.807, 2.05) is 18.4 Å². The Kier molecular flexibility index (Phi) is 2.41. The standard InChI is InChI=1S/C13H17NOS/c1-7-4-5-16-13(7)12(15)10-8-2-3-9(6-8)11(10)14/h4-5,8-11H,2-3,6,14H2,1H3. The van der Waals surface area contributed by atoms with Crippen LogP contribution in [0.5, 0.6) is 0 Å². The van der Waals surface area contributed by atoms with Gasteiger partial charge in [-0.3, -0.25) is 4.79 Å².